The van der Waals surface area contributed by atoms with E-state index < -0.39 is 0 Å². The Kier molecular flexibility index (Phi) is 5.15. The molecule has 2 rings (SSSR count). The number of aromatic nitrogens is 1. The van der Waals surface area contributed by atoms with Crippen LogP contribution < -0.4 is 10.2 Å². The molecule has 1 aliphatic heterocycles. The fourth-order valence-electron chi connectivity index (χ4n) is 2.34. The number of hydrogen-bond donors (Lipinski definition) is 1. The Labute approximate surface area is 114 Å². The minimum atomic E-state index is 0.0646. The van der Waals surface area contributed by atoms with Crippen molar-refractivity contribution in [1.82, 2.24) is 10.3 Å². The number of pyridine rings is 1. The zero-order valence-electron chi connectivity index (χ0n) is 11.3. The van der Waals surface area contributed by atoms with Gasteiger partial charge < -0.3 is 15.0 Å². The van der Waals surface area contributed by atoms with Gasteiger partial charge in [-0.1, -0.05) is 6.07 Å². The summed E-state index contributed by atoms with van der Waals surface area (Å²) in [6.45, 7) is 2.31. The normalized spacial score (nSPS) is 19.2. The van der Waals surface area contributed by atoms with Crippen LogP contribution in [-0.4, -0.2) is 43.7 Å². The van der Waals surface area contributed by atoms with Crippen LogP contribution in [0, 0.1) is 0 Å². The van der Waals surface area contributed by atoms with Crippen LogP contribution in [0.5, 0.6) is 0 Å². The van der Waals surface area contributed by atoms with E-state index in [1.807, 2.05) is 18.2 Å². The molecule has 1 aromatic heterocycles. The van der Waals surface area contributed by atoms with Gasteiger partial charge in [-0.05, 0) is 25.0 Å². The summed E-state index contributed by atoms with van der Waals surface area (Å²) in [6, 6.07) is 6.12. The molecule has 0 radical (unpaired) electrons. The smallest absolute Gasteiger partial charge is 0.222 e. The number of carbonyl (C=O) groups is 1. The molecule has 0 aliphatic carbocycles. The largest absolute Gasteiger partial charge is 0.384 e. The third-order valence-electron chi connectivity index (χ3n) is 3.29. The molecule has 104 valence electrons. The molecular weight excluding hydrogens is 242 g/mol. The standard InChI is InChI=1S/C14H21N3O2/c1-19-10-7-14(18)16-12-5-4-9-17(11-12)13-6-2-3-8-15-13/h2-3,6,8,12H,4-5,7,9-11H2,1H3,(H,16,18). The van der Waals surface area contributed by atoms with Gasteiger partial charge in [0.25, 0.3) is 0 Å². The predicted molar refractivity (Wildman–Crippen MR) is 74.1 cm³/mol. The van der Waals surface area contributed by atoms with Crippen LogP contribution in [-0.2, 0) is 9.53 Å². The van der Waals surface area contributed by atoms with Crippen LogP contribution in [0.25, 0.3) is 0 Å². The molecule has 1 amide bonds. The number of piperidine rings is 1. The highest BCUT2D eigenvalue weighted by atomic mass is 16.5. The van der Waals surface area contributed by atoms with Gasteiger partial charge in [-0.25, -0.2) is 4.98 Å². The van der Waals surface area contributed by atoms with E-state index in [1.165, 1.54) is 0 Å². The molecule has 19 heavy (non-hydrogen) atoms. The number of amides is 1. The first-order valence-corrected chi connectivity index (χ1v) is 6.74. The maximum absolute atomic E-state index is 11.7. The first kappa shape index (κ1) is 13.8. The van der Waals surface area contributed by atoms with Crippen LogP contribution in [0.1, 0.15) is 19.3 Å². The molecule has 1 N–H and O–H groups in total. The van der Waals surface area contributed by atoms with Crippen molar-refractivity contribution in [1.29, 1.82) is 0 Å². The predicted octanol–water partition coefficient (Wildman–Crippen LogP) is 1.20. The van der Waals surface area contributed by atoms with E-state index in [0.29, 0.717) is 13.0 Å². The fourth-order valence-corrected chi connectivity index (χ4v) is 2.34. The SMILES string of the molecule is COCCC(=O)NC1CCCN(c2ccccn2)C1. The Morgan fingerprint density at radius 3 is 3.21 bits per heavy atom. The topological polar surface area (TPSA) is 54.5 Å². The second kappa shape index (κ2) is 7.09. The van der Waals surface area contributed by atoms with E-state index in [4.69, 9.17) is 4.74 Å². The Morgan fingerprint density at radius 1 is 1.58 bits per heavy atom. The van der Waals surface area contributed by atoms with Crippen molar-refractivity contribution in [3.8, 4) is 0 Å². The van der Waals surface area contributed by atoms with E-state index in [1.54, 1.807) is 13.3 Å². The number of carbonyl (C=O) groups excluding carboxylic acids is 1. The Morgan fingerprint density at radius 2 is 2.47 bits per heavy atom. The second-order valence-corrected chi connectivity index (χ2v) is 4.78. The van der Waals surface area contributed by atoms with Crippen LogP contribution in [0.3, 0.4) is 0 Å². The maximum atomic E-state index is 11.7. The summed E-state index contributed by atoms with van der Waals surface area (Å²) >= 11 is 0. The summed E-state index contributed by atoms with van der Waals surface area (Å²) in [5.74, 6) is 1.05. The highest BCUT2D eigenvalue weighted by Gasteiger charge is 2.21. The van der Waals surface area contributed by atoms with Crippen LogP contribution in [0.2, 0.25) is 0 Å². The van der Waals surface area contributed by atoms with Crippen molar-refractivity contribution in [3.63, 3.8) is 0 Å². The van der Waals surface area contributed by atoms with Crippen molar-refractivity contribution in [3.05, 3.63) is 24.4 Å². The molecule has 0 saturated carbocycles. The molecule has 2 heterocycles. The summed E-state index contributed by atoms with van der Waals surface area (Å²) in [5, 5.41) is 3.07. The van der Waals surface area contributed by atoms with Gasteiger partial charge in [-0.3, -0.25) is 4.79 Å². The molecule has 1 saturated heterocycles. The van der Waals surface area contributed by atoms with Gasteiger partial charge in [0.1, 0.15) is 5.82 Å². The average Bonchev–Trinajstić information content (AvgIpc) is 2.46. The molecular formula is C14H21N3O2. The number of nitrogens with zero attached hydrogens (tertiary/aromatic N) is 2. The highest BCUT2D eigenvalue weighted by molar-refractivity contribution is 5.76. The van der Waals surface area contributed by atoms with E-state index in [-0.39, 0.29) is 11.9 Å². The lowest BCUT2D eigenvalue weighted by Crippen LogP contribution is -2.48. The first-order chi connectivity index (χ1) is 9.29. The number of ether oxygens (including phenoxy) is 1. The molecule has 0 aromatic carbocycles. The van der Waals surface area contributed by atoms with Crippen LogP contribution >= 0.6 is 0 Å². The molecule has 1 atom stereocenters. The van der Waals surface area contributed by atoms with Gasteiger partial charge in [0.05, 0.1) is 6.61 Å². The molecule has 0 bridgehead atoms. The molecule has 5 nitrogen and oxygen atoms in total. The van der Waals surface area contributed by atoms with Gasteiger partial charge in [0.15, 0.2) is 0 Å². The quantitative estimate of drug-likeness (QED) is 0.867. The highest BCUT2D eigenvalue weighted by Crippen LogP contribution is 2.17. The number of hydrogen-bond acceptors (Lipinski definition) is 4. The van der Waals surface area contributed by atoms with E-state index in [2.05, 4.69) is 15.2 Å². The molecule has 1 fully saturated rings. The van der Waals surface area contributed by atoms with Gasteiger partial charge in [0, 0.05) is 38.9 Å². The molecule has 1 aliphatic rings. The van der Waals surface area contributed by atoms with Crippen molar-refractivity contribution in [2.24, 2.45) is 0 Å². The zero-order chi connectivity index (χ0) is 13.5. The number of rotatable bonds is 5. The lowest BCUT2D eigenvalue weighted by atomic mass is 10.1. The third kappa shape index (κ3) is 4.21. The van der Waals surface area contributed by atoms with Crippen molar-refractivity contribution >= 4 is 11.7 Å². The van der Waals surface area contributed by atoms with Crippen LogP contribution in [0.4, 0.5) is 5.82 Å². The summed E-state index contributed by atoms with van der Waals surface area (Å²) in [6.07, 6.45) is 4.33. The molecule has 0 spiro atoms. The van der Waals surface area contributed by atoms with E-state index in [9.17, 15) is 4.79 Å². The van der Waals surface area contributed by atoms with Gasteiger partial charge in [-0.2, -0.15) is 0 Å². The molecule has 1 aromatic rings. The molecule has 1 unspecified atom stereocenters. The Bertz CT molecular complexity index is 397. The van der Waals surface area contributed by atoms with Crippen LogP contribution in [0.15, 0.2) is 24.4 Å². The van der Waals surface area contributed by atoms with Gasteiger partial charge in [0.2, 0.25) is 5.91 Å². The zero-order valence-corrected chi connectivity index (χ0v) is 11.3. The van der Waals surface area contributed by atoms with Crippen molar-refractivity contribution < 1.29 is 9.53 Å². The summed E-state index contributed by atoms with van der Waals surface area (Å²) in [7, 11) is 1.61. The minimum Gasteiger partial charge on any atom is -0.384 e. The van der Waals surface area contributed by atoms with Crippen molar-refractivity contribution in [2.75, 3.05) is 31.7 Å². The Balaban J connectivity index is 1.85. The van der Waals surface area contributed by atoms with Crippen molar-refractivity contribution in [2.45, 2.75) is 25.3 Å². The lowest BCUT2D eigenvalue weighted by Gasteiger charge is -2.33. The summed E-state index contributed by atoms with van der Waals surface area (Å²) < 4.78 is 4.91. The monoisotopic (exact) mass is 263 g/mol. The summed E-state index contributed by atoms with van der Waals surface area (Å²) in [4.78, 5) is 18.3. The molecule has 5 heteroatoms. The fraction of sp³-hybridized carbons (Fsp3) is 0.571. The second-order valence-electron chi connectivity index (χ2n) is 4.78. The number of nitrogens with one attached hydrogen (secondary N) is 1. The van der Waals surface area contributed by atoms with E-state index >= 15 is 0 Å². The summed E-state index contributed by atoms with van der Waals surface area (Å²) in [5.41, 5.74) is 0. The van der Waals surface area contributed by atoms with E-state index in [0.717, 1.165) is 31.7 Å². The minimum absolute atomic E-state index is 0.0646. The maximum Gasteiger partial charge on any atom is 0.222 e. The number of methoxy groups -OCH3 is 1. The average molecular weight is 263 g/mol. The third-order valence-corrected chi connectivity index (χ3v) is 3.29. The number of anilines is 1. The van der Waals surface area contributed by atoms with Gasteiger partial charge >= 0.3 is 0 Å². The Hall–Kier alpha value is -1.62. The van der Waals surface area contributed by atoms with Gasteiger partial charge in [-0.15, -0.1) is 0 Å². The lowest BCUT2D eigenvalue weighted by molar-refractivity contribution is -0.122. The first-order valence-electron chi connectivity index (χ1n) is 6.74.